The molecule has 4 unspecified atom stereocenters. The van der Waals surface area contributed by atoms with Crippen LogP contribution >= 0.6 is 0 Å². The number of carbonyl (C=O) groups excluding carboxylic acids is 4. The molecule has 3 saturated carbocycles. The second kappa shape index (κ2) is 16.6. The van der Waals surface area contributed by atoms with Gasteiger partial charge >= 0.3 is 6.09 Å². The number of unbranched alkanes of at least 4 members (excludes halogenated alkanes) is 1. The lowest BCUT2D eigenvalue weighted by atomic mass is 9.43. The Hall–Kier alpha value is -4.40. The highest BCUT2D eigenvalue weighted by molar-refractivity contribution is 5.94. The summed E-state index contributed by atoms with van der Waals surface area (Å²) < 4.78 is 0. The largest absolute Gasteiger partial charge is 0.465 e. The molecule has 0 saturated heterocycles. The summed E-state index contributed by atoms with van der Waals surface area (Å²) in [7, 11) is 0. The topological polar surface area (TPSA) is 270 Å². The zero-order valence-corrected chi connectivity index (χ0v) is 25.5. The lowest BCUT2D eigenvalue weighted by Crippen LogP contribution is -2.59. The molecule has 4 rings (SSSR count). The fourth-order valence-corrected chi connectivity index (χ4v) is 6.08. The van der Waals surface area contributed by atoms with Crippen LogP contribution in [0.2, 0.25) is 0 Å². The summed E-state index contributed by atoms with van der Waals surface area (Å²) in [6.45, 7) is 0.414. The quantitative estimate of drug-likeness (QED) is 0.0494. The first-order chi connectivity index (χ1) is 21.4. The van der Waals surface area contributed by atoms with Gasteiger partial charge in [-0.1, -0.05) is 30.3 Å². The molecule has 5 amide bonds. The predicted octanol–water partition coefficient (Wildman–Crippen LogP) is -0.822. The summed E-state index contributed by atoms with van der Waals surface area (Å²) in [5.74, 6) is -1.80. The highest BCUT2D eigenvalue weighted by Gasteiger charge is 2.57. The highest BCUT2D eigenvalue weighted by Crippen LogP contribution is 2.66. The summed E-state index contributed by atoms with van der Waals surface area (Å²) in [4.78, 5) is 67.0. The molecule has 4 atom stereocenters. The van der Waals surface area contributed by atoms with E-state index in [0.29, 0.717) is 25.7 Å². The minimum Gasteiger partial charge on any atom is -0.465 e. The molecule has 2 bridgehead atoms. The second-order valence-electron chi connectivity index (χ2n) is 12.2. The average molecular weight is 630 g/mol. The van der Waals surface area contributed by atoms with Crippen molar-refractivity contribution < 1.29 is 29.1 Å². The number of hydrogen-bond donors (Lipinski definition) is 9. The average Bonchev–Trinajstić information content (AvgIpc) is 2.94. The zero-order chi connectivity index (χ0) is 33.0. The maximum Gasteiger partial charge on any atom is 0.404 e. The van der Waals surface area contributed by atoms with E-state index in [1.807, 2.05) is 6.07 Å². The molecule has 13 N–H and O–H groups in total. The van der Waals surface area contributed by atoms with E-state index in [4.69, 9.17) is 28.0 Å². The molecular formula is C30H47N9O6. The van der Waals surface area contributed by atoms with Gasteiger partial charge in [0, 0.05) is 19.5 Å². The van der Waals surface area contributed by atoms with Gasteiger partial charge < -0.3 is 49.3 Å². The van der Waals surface area contributed by atoms with Crippen molar-refractivity contribution in [3.05, 3.63) is 35.9 Å². The molecule has 0 radical (unpaired) electrons. The van der Waals surface area contributed by atoms with Gasteiger partial charge in [0.05, 0.1) is 6.04 Å². The number of guanidine groups is 1. The minimum atomic E-state index is -1.16. The molecule has 1 aromatic rings. The Labute approximate surface area is 262 Å². The van der Waals surface area contributed by atoms with E-state index in [1.54, 1.807) is 24.3 Å². The molecule has 45 heavy (non-hydrogen) atoms. The fourth-order valence-electron chi connectivity index (χ4n) is 6.08. The Kier molecular flexibility index (Phi) is 12.9. The monoisotopic (exact) mass is 629 g/mol. The number of nitrogens with one attached hydrogen (secondary N) is 4. The number of primary amides is 1. The van der Waals surface area contributed by atoms with E-state index < -0.39 is 53.9 Å². The Morgan fingerprint density at radius 2 is 1.44 bits per heavy atom. The Morgan fingerprint density at radius 1 is 0.844 bits per heavy atom. The van der Waals surface area contributed by atoms with Crippen molar-refractivity contribution in [2.45, 2.75) is 88.4 Å². The van der Waals surface area contributed by atoms with Crippen LogP contribution in [0, 0.1) is 11.3 Å². The van der Waals surface area contributed by atoms with Crippen molar-refractivity contribution in [1.29, 1.82) is 0 Å². The summed E-state index contributed by atoms with van der Waals surface area (Å²) >= 11 is 0. The number of hydrogen-bond acceptors (Lipinski definition) is 7. The number of carbonyl (C=O) groups is 5. The van der Waals surface area contributed by atoms with Gasteiger partial charge in [-0.3, -0.25) is 24.2 Å². The Balaban J connectivity index is 1.69. The summed E-state index contributed by atoms with van der Waals surface area (Å²) in [5, 5.41) is 19.1. The smallest absolute Gasteiger partial charge is 0.404 e. The van der Waals surface area contributed by atoms with Crippen LogP contribution in [0.1, 0.15) is 63.4 Å². The SMILES string of the molecule is NC(=O)C(CCCCNC(=O)O)NC(=O)C(Cc1ccccc1)NC(=O)C(CCCN=C(N)N)NC(=O)C(N)CC12CC(C1)C2. The first-order valence-electron chi connectivity index (χ1n) is 15.4. The molecule has 0 spiro atoms. The van der Waals surface area contributed by atoms with E-state index in [0.717, 1.165) is 30.7 Å². The molecular weight excluding hydrogens is 582 g/mol. The molecule has 248 valence electrons. The maximum absolute atomic E-state index is 13.6. The van der Waals surface area contributed by atoms with E-state index in [-0.39, 0.29) is 43.7 Å². The molecule has 1 aromatic carbocycles. The molecule has 15 nitrogen and oxygen atoms in total. The molecule has 0 aliphatic heterocycles. The van der Waals surface area contributed by atoms with Crippen LogP contribution in [0.5, 0.6) is 0 Å². The number of amides is 5. The normalized spacial score (nSPS) is 20.5. The molecule has 0 aromatic heterocycles. The van der Waals surface area contributed by atoms with Crippen molar-refractivity contribution >= 4 is 35.7 Å². The van der Waals surface area contributed by atoms with Crippen LogP contribution in [-0.2, 0) is 25.6 Å². The van der Waals surface area contributed by atoms with Gasteiger partial charge in [-0.25, -0.2) is 4.79 Å². The highest BCUT2D eigenvalue weighted by atomic mass is 16.4. The van der Waals surface area contributed by atoms with E-state index in [2.05, 4.69) is 26.3 Å². The van der Waals surface area contributed by atoms with Gasteiger partial charge in [-0.15, -0.1) is 0 Å². The minimum absolute atomic E-state index is 0.0950. The third kappa shape index (κ3) is 11.2. The van der Waals surface area contributed by atoms with Crippen LogP contribution < -0.4 is 44.2 Å². The van der Waals surface area contributed by atoms with Gasteiger partial charge in [0.2, 0.25) is 23.6 Å². The lowest BCUT2D eigenvalue weighted by molar-refractivity contribution is -0.138. The Morgan fingerprint density at radius 3 is 2.02 bits per heavy atom. The van der Waals surface area contributed by atoms with Crippen molar-refractivity contribution in [2.75, 3.05) is 13.1 Å². The number of carboxylic acid groups (broad SMARTS) is 1. The summed E-state index contributed by atoms with van der Waals surface area (Å²) in [6, 6.07) is 5.06. The van der Waals surface area contributed by atoms with E-state index >= 15 is 0 Å². The van der Waals surface area contributed by atoms with Gasteiger partial charge in [-0.2, -0.15) is 0 Å². The molecule has 0 heterocycles. The molecule has 15 heteroatoms. The Bertz CT molecular complexity index is 1210. The van der Waals surface area contributed by atoms with Gasteiger partial charge in [-0.05, 0) is 74.7 Å². The molecule has 3 aliphatic carbocycles. The van der Waals surface area contributed by atoms with Crippen LogP contribution in [0.25, 0.3) is 0 Å². The fraction of sp³-hybridized carbons (Fsp3) is 0.600. The van der Waals surface area contributed by atoms with Crippen molar-refractivity contribution in [2.24, 2.45) is 39.3 Å². The van der Waals surface area contributed by atoms with E-state index in [1.165, 1.54) is 0 Å². The van der Waals surface area contributed by atoms with Crippen molar-refractivity contribution in [3.63, 3.8) is 0 Å². The first kappa shape index (κ1) is 35.1. The number of nitrogens with zero attached hydrogens (tertiary/aromatic N) is 1. The zero-order valence-electron chi connectivity index (χ0n) is 25.5. The van der Waals surface area contributed by atoms with Crippen LogP contribution in [0.3, 0.4) is 0 Å². The second-order valence-corrected chi connectivity index (χ2v) is 12.2. The number of nitrogens with two attached hydrogens (primary N) is 4. The molecule has 3 fully saturated rings. The number of rotatable bonds is 20. The van der Waals surface area contributed by atoms with Crippen LogP contribution in [-0.4, -0.2) is 78.0 Å². The summed E-state index contributed by atoms with van der Waals surface area (Å²) in [5.41, 5.74) is 23.5. The van der Waals surface area contributed by atoms with Gasteiger partial charge in [0.25, 0.3) is 0 Å². The first-order valence-corrected chi connectivity index (χ1v) is 15.4. The van der Waals surface area contributed by atoms with Crippen LogP contribution in [0.15, 0.2) is 35.3 Å². The maximum atomic E-state index is 13.6. The number of aliphatic imine (C=N–C) groups is 1. The van der Waals surface area contributed by atoms with Gasteiger partial charge in [0.15, 0.2) is 5.96 Å². The number of benzene rings is 1. The summed E-state index contributed by atoms with van der Waals surface area (Å²) in [6.07, 6.45) is 4.32. The molecule has 3 aliphatic rings. The standard InChI is InChI=1S/C30H47N9O6/c31-20(17-30-14-19(15-30)16-30)25(41)38-22(10-6-12-35-28(33)34)26(42)39-23(13-18-7-2-1-3-8-18)27(43)37-21(24(32)40)9-4-5-11-36-29(44)45/h1-3,7-8,19-23,36H,4-6,9-17,31H2,(H2,32,40)(H,37,43)(H,38,41)(H,39,42)(H,44,45)(H4,33,34,35). The van der Waals surface area contributed by atoms with Crippen molar-refractivity contribution in [1.82, 2.24) is 21.3 Å². The van der Waals surface area contributed by atoms with Gasteiger partial charge in [0.1, 0.15) is 18.1 Å². The lowest BCUT2D eigenvalue weighted by Gasteiger charge is -2.62. The van der Waals surface area contributed by atoms with Crippen molar-refractivity contribution in [3.8, 4) is 0 Å². The third-order valence-corrected chi connectivity index (χ3v) is 8.50. The third-order valence-electron chi connectivity index (χ3n) is 8.50. The van der Waals surface area contributed by atoms with E-state index in [9.17, 15) is 24.0 Å². The van der Waals surface area contributed by atoms with Crippen LogP contribution in [0.4, 0.5) is 4.79 Å². The predicted molar refractivity (Wildman–Crippen MR) is 167 cm³/mol.